The summed E-state index contributed by atoms with van der Waals surface area (Å²) in [6.07, 6.45) is 0.971. The van der Waals surface area contributed by atoms with Crippen molar-refractivity contribution in [2.45, 2.75) is 40.7 Å². The predicted molar refractivity (Wildman–Crippen MR) is 68.7 cm³/mol. The van der Waals surface area contributed by atoms with Gasteiger partial charge >= 0.3 is 0 Å². The number of carbonyl (C=O) groups is 1. The Morgan fingerprint density at radius 1 is 1.41 bits per heavy atom. The van der Waals surface area contributed by atoms with Gasteiger partial charge in [0.05, 0.1) is 17.1 Å². The van der Waals surface area contributed by atoms with Crippen molar-refractivity contribution < 1.29 is 4.79 Å². The van der Waals surface area contributed by atoms with Gasteiger partial charge in [-0.15, -0.1) is 0 Å². The first kappa shape index (κ1) is 13.5. The van der Waals surface area contributed by atoms with Crippen LogP contribution >= 0.6 is 0 Å². The monoisotopic (exact) mass is 238 g/mol. The molecule has 0 spiro atoms. The van der Waals surface area contributed by atoms with E-state index in [1.165, 1.54) is 0 Å². The Bertz CT molecular complexity index is 397. The number of aromatic nitrogens is 2. The van der Waals surface area contributed by atoms with E-state index in [2.05, 4.69) is 12.0 Å². The van der Waals surface area contributed by atoms with Crippen molar-refractivity contribution in [3.63, 3.8) is 0 Å². The van der Waals surface area contributed by atoms with Gasteiger partial charge in [0.2, 0.25) is 5.91 Å². The summed E-state index contributed by atoms with van der Waals surface area (Å²) in [7, 11) is 0. The Labute approximate surface area is 103 Å². The lowest BCUT2D eigenvalue weighted by molar-refractivity contribution is -0.131. The molecule has 0 saturated heterocycles. The number of rotatable bonds is 5. The normalized spacial score (nSPS) is 10.6. The third-order valence-electron chi connectivity index (χ3n) is 2.95. The van der Waals surface area contributed by atoms with Crippen LogP contribution in [-0.4, -0.2) is 33.7 Å². The van der Waals surface area contributed by atoms with Gasteiger partial charge in [-0.2, -0.15) is 5.10 Å². The first-order valence-electron chi connectivity index (χ1n) is 6.08. The van der Waals surface area contributed by atoms with E-state index in [0.29, 0.717) is 5.69 Å². The molecule has 1 aromatic heterocycles. The van der Waals surface area contributed by atoms with Gasteiger partial charge in [0.1, 0.15) is 6.54 Å². The fraction of sp³-hybridized carbons (Fsp3) is 0.667. The molecule has 5 nitrogen and oxygen atoms in total. The Morgan fingerprint density at radius 2 is 2.06 bits per heavy atom. The molecule has 0 atom stereocenters. The number of nitrogens with two attached hydrogens (primary N) is 1. The molecule has 0 fully saturated rings. The van der Waals surface area contributed by atoms with Gasteiger partial charge in [0.25, 0.3) is 0 Å². The van der Waals surface area contributed by atoms with Crippen LogP contribution in [0.2, 0.25) is 0 Å². The second-order valence-corrected chi connectivity index (χ2v) is 4.22. The molecule has 0 unspecified atom stereocenters. The van der Waals surface area contributed by atoms with Crippen LogP contribution < -0.4 is 5.73 Å². The molecular weight excluding hydrogens is 216 g/mol. The zero-order valence-corrected chi connectivity index (χ0v) is 11.2. The van der Waals surface area contributed by atoms with Crippen LogP contribution in [0.3, 0.4) is 0 Å². The summed E-state index contributed by atoms with van der Waals surface area (Å²) in [5.74, 6) is 0.0972. The second-order valence-electron chi connectivity index (χ2n) is 4.22. The van der Waals surface area contributed by atoms with Crippen LogP contribution in [0.4, 0.5) is 5.69 Å². The molecule has 1 amide bonds. The smallest absolute Gasteiger partial charge is 0.244 e. The summed E-state index contributed by atoms with van der Waals surface area (Å²) in [5, 5.41) is 4.27. The molecule has 0 aromatic carbocycles. The van der Waals surface area contributed by atoms with Crippen molar-refractivity contribution in [1.29, 1.82) is 0 Å². The summed E-state index contributed by atoms with van der Waals surface area (Å²) in [6.45, 7) is 9.61. The number of nitrogens with zero attached hydrogens (tertiary/aromatic N) is 3. The van der Waals surface area contributed by atoms with Crippen LogP contribution in [0.15, 0.2) is 0 Å². The van der Waals surface area contributed by atoms with Gasteiger partial charge in [0.15, 0.2) is 0 Å². The molecule has 0 aliphatic carbocycles. The molecule has 2 N–H and O–H groups in total. The van der Waals surface area contributed by atoms with E-state index >= 15 is 0 Å². The maximum Gasteiger partial charge on any atom is 0.244 e. The van der Waals surface area contributed by atoms with E-state index in [9.17, 15) is 4.79 Å². The SMILES string of the molecule is CCCN(CC)C(=O)Cn1nc(C)c(N)c1C. The number of hydrogen-bond acceptors (Lipinski definition) is 3. The average molecular weight is 238 g/mol. The molecule has 0 saturated carbocycles. The first-order valence-corrected chi connectivity index (χ1v) is 6.08. The van der Waals surface area contributed by atoms with Crippen molar-refractivity contribution in [3.05, 3.63) is 11.4 Å². The Balaban J connectivity index is 2.76. The highest BCUT2D eigenvalue weighted by atomic mass is 16.2. The van der Waals surface area contributed by atoms with Crippen molar-refractivity contribution in [2.75, 3.05) is 18.8 Å². The van der Waals surface area contributed by atoms with Crippen LogP contribution in [0.25, 0.3) is 0 Å². The van der Waals surface area contributed by atoms with E-state index in [4.69, 9.17) is 5.73 Å². The summed E-state index contributed by atoms with van der Waals surface area (Å²) in [5.41, 5.74) is 8.16. The van der Waals surface area contributed by atoms with E-state index in [1.807, 2.05) is 25.7 Å². The Morgan fingerprint density at radius 3 is 2.47 bits per heavy atom. The van der Waals surface area contributed by atoms with Gasteiger partial charge in [-0.25, -0.2) is 0 Å². The fourth-order valence-electron chi connectivity index (χ4n) is 1.82. The minimum absolute atomic E-state index is 0.0972. The Hall–Kier alpha value is -1.52. The molecule has 0 radical (unpaired) electrons. The molecule has 1 aromatic rings. The Kier molecular flexibility index (Phi) is 4.54. The van der Waals surface area contributed by atoms with E-state index in [1.54, 1.807) is 4.68 Å². The fourth-order valence-corrected chi connectivity index (χ4v) is 1.82. The predicted octanol–water partition coefficient (Wildman–Crippen LogP) is 1.34. The van der Waals surface area contributed by atoms with E-state index in [0.717, 1.165) is 30.9 Å². The van der Waals surface area contributed by atoms with Crippen LogP contribution in [0.5, 0.6) is 0 Å². The van der Waals surface area contributed by atoms with Gasteiger partial charge in [-0.3, -0.25) is 9.48 Å². The lowest BCUT2D eigenvalue weighted by Gasteiger charge is -2.20. The second kappa shape index (κ2) is 5.70. The lowest BCUT2D eigenvalue weighted by atomic mass is 10.3. The molecule has 1 rings (SSSR count). The highest BCUT2D eigenvalue weighted by molar-refractivity contribution is 5.76. The number of aryl methyl sites for hydroxylation is 1. The standard InChI is InChI=1S/C12H22N4O/c1-5-7-15(6-2)11(17)8-16-10(4)12(13)9(3)14-16/h5-8,13H2,1-4H3. The summed E-state index contributed by atoms with van der Waals surface area (Å²) in [4.78, 5) is 13.9. The van der Waals surface area contributed by atoms with E-state index in [-0.39, 0.29) is 12.5 Å². The third kappa shape index (κ3) is 2.99. The van der Waals surface area contributed by atoms with Crippen LogP contribution in [-0.2, 0) is 11.3 Å². The first-order chi connectivity index (χ1) is 8.01. The van der Waals surface area contributed by atoms with Crippen LogP contribution in [0.1, 0.15) is 31.7 Å². The van der Waals surface area contributed by atoms with Crippen molar-refractivity contribution in [1.82, 2.24) is 14.7 Å². The molecule has 0 aliphatic heterocycles. The zero-order valence-electron chi connectivity index (χ0n) is 11.2. The van der Waals surface area contributed by atoms with Gasteiger partial charge in [0, 0.05) is 13.1 Å². The van der Waals surface area contributed by atoms with E-state index < -0.39 is 0 Å². The topological polar surface area (TPSA) is 64.2 Å². The number of likely N-dealkylation sites (N-methyl/N-ethyl adjacent to an activating group) is 1. The minimum atomic E-state index is 0.0972. The maximum atomic E-state index is 12.0. The van der Waals surface area contributed by atoms with Crippen molar-refractivity contribution in [3.8, 4) is 0 Å². The molecule has 1 heterocycles. The average Bonchev–Trinajstić information content (AvgIpc) is 2.54. The molecule has 0 bridgehead atoms. The molecule has 96 valence electrons. The number of hydrogen-bond donors (Lipinski definition) is 1. The largest absolute Gasteiger partial charge is 0.396 e. The summed E-state index contributed by atoms with van der Waals surface area (Å²) < 4.78 is 1.69. The van der Waals surface area contributed by atoms with Crippen molar-refractivity contribution in [2.24, 2.45) is 0 Å². The summed E-state index contributed by atoms with van der Waals surface area (Å²) in [6, 6.07) is 0. The highest BCUT2D eigenvalue weighted by Gasteiger charge is 2.15. The molecule has 0 aliphatic rings. The quantitative estimate of drug-likeness (QED) is 0.842. The molecular formula is C12H22N4O. The summed E-state index contributed by atoms with van der Waals surface area (Å²) >= 11 is 0. The third-order valence-corrected chi connectivity index (χ3v) is 2.95. The number of carbonyl (C=O) groups excluding carboxylic acids is 1. The van der Waals surface area contributed by atoms with Crippen molar-refractivity contribution >= 4 is 11.6 Å². The zero-order chi connectivity index (χ0) is 13.0. The molecule has 17 heavy (non-hydrogen) atoms. The minimum Gasteiger partial charge on any atom is -0.396 e. The number of nitrogen functional groups attached to an aromatic ring is 1. The molecule has 5 heteroatoms. The van der Waals surface area contributed by atoms with Crippen LogP contribution in [0, 0.1) is 13.8 Å². The lowest BCUT2D eigenvalue weighted by Crippen LogP contribution is -2.34. The number of amides is 1. The van der Waals surface area contributed by atoms with Gasteiger partial charge in [-0.05, 0) is 27.2 Å². The van der Waals surface area contributed by atoms with Gasteiger partial charge < -0.3 is 10.6 Å². The maximum absolute atomic E-state index is 12.0. The highest BCUT2D eigenvalue weighted by Crippen LogP contribution is 2.14. The van der Waals surface area contributed by atoms with Gasteiger partial charge in [-0.1, -0.05) is 6.92 Å². The number of anilines is 1.